The number of nitrogens with one attached hydrogen (secondary N) is 1. The van der Waals surface area contributed by atoms with Crippen molar-refractivity contribution in [1.82, 2.24) is 5.43 Å². The summed E-state index contributed by atoms with van der Waals surface area (Å²) in [6.07, 6.45) is 2.44. The number of hydrogen-bond acceptors (Lipinski definition) is 5. The third-order valence-corrected chi connectivity index (χ3v) is 5.22. The van der Waals surface area contributed by atoms with Gasteiger partial charge in [-0.25, -0.2) is 5.43 Å². The predicted octanol–water partition coefficient (Wildman–Crippen LogP) is 6.52. The third-order valence-electron chi connectivity index (χ3n) is 4.64. The van der Waals surface area contributed by atoms with Crippen LogP contribution in [0.2, 0.25) is 10.0 Å². The van der Waals surface area contributed by atoms with E-state index >= 15 is 0 Å². The summed E-state index contributed by atoms with van der Waals surface area (Å²) in [6, 6.07) is 17.6. The van der Waals surface area contributed by atoms with Gasteiger partial charge in [0.15, 0.2) is 11.5 Å². The van der Waals surface area contributed by atoms with Crippen molar-refractivity contribution in [2.24, 2.45) is 5.10 Å². The summed E-state index contributed by atoms with van der Waals surface area (Å²) in [7, 11) is 0. The van der Waals surface area contributed by atoms with Crippen molar-refractivity contribution >= 4 is 35.3 Å². The van der Waals surface area contributed by atoms with Crippen LogP contribution in [0.1, 0.15) is 41.8 Å². The number of benzene rings is 3. The molecule has 1 N–H and O–H groups in total. The zero-order chi connectivity index (χ0) is 24.3. The minimum Gasteiger partial charge on any atom is -0.490 e. The fourth-order valence-electron chi connectivity index (χ4n) is 2.93. The predicted molar refractivity (Wildman–Crippen MR) is 136 cm³/mol. The van der Waals surface area contributed by atoms with Crippen LogP contribution in [0.25, 0.3) is 0 Å². The SMILES string of the molecule is CCCOc1ccc(C(=O)N/N=C/c2ccc(OCc3ccc(Cl)cc3Cl)cc2)cc1OCC. The van der Waals surface area contributed by atoms with Crippen molar-refractivity contribution in [2.75, 3.05) is 13.2 Å². The maximum atomic E-state index is 12.5. The quantitative estimate of drug-likeness (QED) is 0.240. The molecule has 0 heterocycles. The number of ether oxygens (including phenoxy) is 3. The van der Waals surface area contributed by atoms with Crippen molar-refractivity contribution < 1.29 is 19.0 Å². The molecule has 178 valence electrons. The van der Waals surface area contributed by atoms with E-state index in [0.29, 0.717) is 52.7 Å². The first-order valence-electron chi connectivity index (χ1n) is 10.9. The monoisotopic (exact) mass is 500 g/mol. The van der Waals surface area contributed by atoms with Crippen molar-refractivity contribution in [3.05, 3.63) is 87.4 Å². The number of rotatable bonds is 11. The van der Waals surface area contributed by atoms with Crippen LogP contribution in [-0.2, 0) is 6.61 Å². The highest BCUT2D eigenvalue weighted by atomic mass is 35.5. The molecular formula is C26H26Cl2N2O4. The largest absolute Gasteiger partial charge is 0.490 e. The summed E-state index contributed by atoms with van der Waals surface area (Å²) in [5.74, 6) is 1.48. The topological polar surface area (TPSA) is 69.2 Å². The molecular weight excluding hydrogens is 475 g/mol. The molecule has 3 rings (SSSR count). The maximum absolute atomic E-state index is 12.5. The standard InChI is InChI=1S/C26H26Cl2N2O4/c1-3-13-33-24-12-8-19(14-25(24)32-4-2)26(31)30-29-16-18-5-10-22(11-6-18)34-17-20-7-9-21(27)15-23(20)28/h5-12,14-16H,3-4,13,17H2,1-2H3,(H,30,31)/b29-16+. The number of carbonyl (C=O) groups is 1. The summed E-state index contributed by atoms with van der Waals surface area (Å²) >= 11 is 12.1. The number of amides is 1. The molecule has 0 bridgehead atoms. The van der Waals surface area contributed by atoms with Gasteiger partial charge in [0.1, 0.15) is 12.4 Å². The van der Waals surface area contributed by atoms with Crippen LogP contribution in [0.15, 0.2) is 65.8 Å². The Morgan fingerprint density at radius 1 is 0.941 bits per heavy atom. The second-order valence-electron chi connectivity index (χ2n) is 7.24. The molecule has 1 amide bonds. The van der Waals surface area contributed by atoms with Gasteiger partial charge in [0.2, 0.25) is 0 Å². The summed E-state index contributed by atoms with van der Waals surface area (Å²) in [6.45, 7) is 5.28. The van der Waals surface area contributed by atoms with E-state index < -0.39 is 0 Å². The zero-order valence-corrected chi connectivity index (χ0v) is 20.5. The van der Waals surface area contributed by atoms with Gasteiger partial charge in [-0.3, -0.25) is 4.79 Å². The Morgan fingerprint density at radius 3 is 2.44 bits per heavy atom. The molecule has 0 saturated heterocycles. The number of hydrogen-bond donors (Lipinski definition) is 1. The molecule has 0 radical (unpaired) electrons. The molecule has 6 nitrogen and oxygen atoms in total. The van der Waals surface area contributed by atoms with Crippen LogP contribution in [0.3, 0.4) is 0 Å². The number of carbonyl (C=O) groups excluding carboxylic acids is 1. The van der Waals surface area contributed by atoms with Gasteiger partial charge in [-0.15, -0.1) is 0 Å². The Balaban J connectivity index is 1.55. The Hall–Kier alpha value is -3.22. The molecule has 0 aliphatic carbocycles. The summed E-state index contributed by atoms with van der Waals surface area (Å²) < 4.78 is 17.0. The molecule has 3 aromatic rings. The van der Waals surface area contributed by atoms with E-state index in [1.807, 2.05) is 44.2 Å². The summed E-state index contributed by atoms with van der Waals surface area (Å²) in [5, 5.41) is 5.18. The van der Waals surface area contributed by atoms with Gasteiger partial charge in [0.05, 0.1) is 19.4 Å². The molecule has 34 heavy (non-hydrogen) atoms. The van der Waals surface area contributed by atoms with Crippen molar-refractivity contribution in [3.63, 3.8) is 0 Å². The zero-order valence-electron chi connectivity index (χ0n) is 19.0. The van der Waals surface area contributed by atoms with Gasteiger partial charge in [-0.05, 0) is 73.5 Å². The van der Waals surface area contributed by atoms with E-state index in [0.717, 1.165) is 17.5 Å². The number of hydrazone groups is 1. The molecule has 3 aromatic carbocycles. The molecule has 0 aliphatic rings. The maximum Gasteiger partial charge on any atom is 0.271 e. The first-order valence-corrected chi connectivity index (χ1v) is 11.7. The highest BCUT2D eigenvalue weighted by Gasteiger charge is 2.11. The Morgan fingerprint density at radius 2 is 1.74 bits per heavy atom. The smallest absolute Gasteiger partial charge is 0.271 e. The highest BCUT2D eigenvalue weighted by Crippen LogP contribution is 2.28. The molecule has 0 aromatic heterocycles. The van der Waals surface area contributed by atoms with Gasteiger partial charge in [-0.1, -0.05) is 36.2 Å². The third kappa shape index (κ3) is 7.40. The van der Waals surface area contributed by atoms with Crippen LogP contribution in [0, 0.1) is 0 Å². The van der Waals surface area contributed by atoms with Gasteiger partial charge in [0.25, 0.3) is 5.91 Å². The lowest BCUT2D eigenvalue weighted by atomic mass is 10.2. The second-order valence-corrected chi connectivity index (χ2v) is 8.08. The molecule has 8 heteroatoms. The molecule has 0 saturated carbocycles. The highest BCUT2D eigenvalue weighted by molar-refractivity contribution is 6.35. The first-order chi connectivity index (χ1) is 16.5. The van der Waals surface area contributed by atoms with E-state index in [9.17, 15) is 4.79 Å². The van der Waals surface area contributed by atoms with Crippen LogP contribution in [0.4, 0.5) is 0 Å². The van der Waals surface area contributed by atoms with E-state index in [1.54, 1.807) is 36.5 Å². The minimum absolute atomic E-state index is 0.325. The summed E-state index contributed by atoms with van der Waals surface area (Å²) in [4.78, 5) is 12.5. The first kappa shape index (κ1) is 25.4. The van der Waals surface area contributed by atoms with E-state index in [1.165, 1.54) is 0 Å². The summed E-state index contributed by atoms with van der Waals surface area (Å²) in [5.41, 5.74) is 4.60. The van der Waals surface area contributed by atoms with Crippen LogP contribution in [-0.4, -0.2) is 25.3 Å². The fourth-order valence-corrected chi connectivity index (χ4v) is 3.39. The Kier molecular flexibility index (Phi) is 9.62. The van der Waals surface area contributed by atoms with E-state index in [4.69, 9.17) is 37.4 Å². The lowest BCUT2D eigenvalue weighted by Gasteiger charge is -2.12. The second kappa shape index (κ2) is 12.9. The average Bonchev–Trinajstić information content (AvgIpc) is 2.83. The van der Waals surface area contributed by atoms with Gasteiger partial charge >= 0.3 is 0 Å². The lowest BCUT2D eigenvalue weighted by molar-refractivity contribution is 0.0954. The molecule has 0 atom stereocenters. The van der Waals surface area contributed by atoms with Crippen molar-refractivity contribution in [1.29, 1.82) is 0 Å². The van der Waals surface area contributed by atoms with Crippen LogP contribution in [0.5, 0.6) is 17.2 Å². The fraction of sp³-hybridized carbons (Fsp3) is 0.231. The number of nitrogens with zero attached hydrogens (tertiary/aromatic N) is 1. The van der Waals surface area contributed by atoms with E-state index in [2.05, 4.69) is 10.5 Å². The lowest BCUT2D eigenvalue weighted by Crippen LogP contribution is -2.17. The van der Waals surface area contributed by atoms with Crippen LogP contribution >= 0.6 is 23.2 Å². The van der Waals surface area contributed by atoms with Crippen LogP contribution < -0.4 is 19.6 Å². The average molecular weight is 501 g/mol. The Bertz CT molecular complexity index is 1130. The van der Waals surface area contributed by atoms with E-state index in [-0.39, 0.29) is 5.91 Å². The van der Waals surface area contributed by atoms with Gasteiger partial charge in [-0.2, -0.15) is 5.10 Å². The molecule has 0 spiro atoms. The van der Waals surface area contributed by atoms with Crippen molar-refractivity contribution in [3.8, 4) is 17.2 Å². The molecule has 0 unspecified atom stereocenters. The molecule has 0 aliphatic heterocycles. The van der Waals surface area contributed by atoms with Gasteiger partial charge in [0, 0.05) is 21.2 Å². The minimum atomic E-state index is -0.348. The Labute approximate surface area is 209 Å². The molecule has 0 fully saturated rings. The van der Waals surface area contributed by atoms with Gasteiger partial charge < -0.3 is 14.2 Å². The number of halogens is 2. The normalized spacial score (nSPS) is 10.8. The van der Waals surface area contributed by atoms with Crippen molar-refractivity contribution in [2.45, 2.75) is 26.9 Å².